The average molecular weight is 489 g/mol. The summed E-state index contributed by atoms with van der Waals surface area (Å²) in [5.41, 5.74) is 3.66. The first-order valence-corrected chi connectivity index (χ1v) is 12.1. The van der Waals surface area contributed by atoms with E-state index in [1.165, 1.54) is 17.1 Å². The summed E-state index contributed by atoms with van der Waals surface area (Å²) in [5, 5.41) is 11.2. The highest BCUT2D eigenvalue weighted by molar-refractivity contribution is 5.85. The number of carbonyl (C=O) groups excluding carboxylic acids is 1. The minimum Gasteiger partial charge on any atom is -0.371 e. The SMILES string of the molecule is [C-]#[N+]c1c(F)ccc([C@@H]2CN3CCN(C(=O)C4CCc5cc(-n6cnnn6)ncc54)C[C@H]3CO2)c1C. The van der Waals surface area contributed by atoms with Gasteiger partial charge in [-0.2, -0.15) is 4.68 Å². The number of fused-ring (bicyclic) bond motifs is 2. The fraction of sp³-hybridized carbons (Fsp3) is 0.440. The molecule has 0 N–H and O–H groups in total. The maximum atomic E-state index is 14.0. The van der Waals surface area contributed by atoms with Crippen molar-refractivity contribution in [2.24, 2.45) is 0 Å². The zero-order valence-electron chi connectivity index (χ0n) is 19.8. The molecular weight excluding hydrogens is 463 g/mol. The first-order chi connectivity index (χ1) is 17.5. The smallest absolute Gasteiger partial charge is 0.230 e. The largest absolute Gasteiger partial charge is 0.371 e. The molecule has 3 aliphatic rings. The number of halogens is 1. The van der Waals surface area contributed by atoms with Crippen LogP contribution in [-0.4, -0.2) is 79.7 Å². The van der Waals surface area contributed by atoms with Crippen molar-refractivity contribution >= 4 is 11.6 Å². The van der Waals surface area contributed by atoms with Crippen molar-refractivity contribution in [1.82, 2.24) is 35.0 Å². The quantitative estimate of drug-likeness (QED) is 0.523. The molecule has 36 heavy (non-hydrogen) atoms. The third-order valence-corrected chi connectivity index (χ3v) is 7.66. The van der Waals surface area contributed by atoms with Gasteiger partial charge in [-0.15, -0.1) is 5.10 Å². The number of morpholine rings is 1. The van der Waals surface area contributed by atoms with Crippen LogP contribution >= 0.6 is 0 Å². The van der Waals surface area contributed by atoms with Crippen LogP contribution in [0.2, 0.25) is 0 Å². The van der Waals surface area contributed by atoms with E-state index < -0.39 is 5.82 Å². The summed E-state index contributed by atoms with van der Waals surface area (Å²) in [5.74, 6) is 0.105. The summed E-state index contributed by atoms with van der Waals surface area (Å²) in [6.07, 6.45) is 4.66. The Morgan fingerprint density at radius 2 is 2.14 bits per heavy atom. The van der Waals surface area contributed by atoms with E-state index in [1.54, 1.807) is 19.2 Å². The Morgan fingerprint density at radius 3 is 2.94 bits per heavy atom. The van der Waals surface area contributed by atoms with Crippen LogP contribution in [0.15, 0.2) is 30.7 Å². The van der Waals surface area contributed by atoms with Gasteiger partial charge < -0.3 is 9.64 Å². The maximum absolute atomic E-state index is 14.0. The van der Waals surface area contributed by atoms with Gasteiger partial charge in [-0.05, 0) is 64.6 Å². The number of rotatable bonds is 3. The Hall–Kier alpha value is -3.75. The van der Waals surface area contributed by atoms with Crippen molar-refractivity contribution in [3.05, 3.63) is 70.2 Å². The van der Waals surface area contributed by atoms with Crippen LogP contribution in [0.25, 0.3) is 10.7 Å². The van der Waals surface area contributed by atoms with Gasteiger partial charge in [-0.3, -0.25) is 9.69 Å². The highest BCUT2D eigenvalue weighted by Crippen LogP contribution is 2.37. The molecule has 1 aromatic carbocycles. The van der Waals surface area contributed by atoms with Gasteiger partial charge in [-0.1, -0.05) is 6.07 Å². The van der Waals surface area contributed by atoms with Crippen LogP contribution in [0.3, 0.4) is 0 Å². The maximum Gasteiger partial charge on any atom is 0.230 e. The summed E-state index contributed by atoms with van der Waals surface area (Å²) >= 11 is 0. The number of pyridine rings is 1. The molecule has 10 nitrogen and oxygen atoms in total. The summed E-state index contributed by atoms with van der Waals surface area (Å²) < 4.78 is 21.7. The normalized spacial score (nSPS) is 23.7. The molecule has 0 radical (unpaired) electrons. The van der Waals surface area contributed by atoms with E-state index in [4.69, 9.17) is 11.3 Å². The zero-order chi connectivity index (χ0) is 24.8. The van der Waals surface area contributed by atoms with E-state index in [0.717, 1.165) is 36.1 Å². The minimum absolute atomic E-state index is 0.0602. The molecule has 0 spiro atoms. The third-order valence-electron chi connectivity index (χ3n) is 7.66. The standard InChI is InChI=1S/C25H25FN8O2/c1-15-18(5-6-21(26)24(15)27-2)22-12-32-7-8-33(11-17(32)13-36-22)25(35)19-4-3-16-9-23(28-10-20(16)19)34-14-29-30-31-34/h5-6,9-10,14,17,19,22H,3-4,7-8,11-13H2,1H3/t17-,19?,22-/m0/s1. The van der Waals surface area contributed by atoms with Gasteiger partial charge in [0.2, 0.25) is 11.6 Å². The summed E-state index contributed by atoms with van der Waals surface area (Å²) in [4.78, 5) is 25.7. The molecule has 1 amide bonds. The van der Waals surface area contributed by atoms with Gasteiger partial charge in [0, 0.05) is 32.4 Å². The number of hydrogen-bond acceptors (Lipinski definition) is 7. The van der Waals surface area contributed by atoms with Gasteiger partial charge in [0.15, 0.2) is 5.82 Å². The van der Waals surface area contributed by atoms with Crippen LogP contribution in [0.4, 0.5) is 10.1 Å². The average Bonchev–Trinajstić information content (AvgIpc) is 3.58. The number of nitrogens with zero attached hydrogens (tertiary/aromatic N) is 8. The van der Waals surface area contributed by atoms with E-state index in [2.05, 4.69) is 30.3 Å². The Morgan fingerprint density at radius 1 is 1.25 bits per heavy atom. The molecule has 3 aromatic rings. The Bertz CT molecular complexity index is 1350. The lowest BCUT2D eigenvalue weighted by Gasteiger charge is -2.46. The molecule has 2 saturated heterocycles. The van der Waals surface area contributed by atoms with Crippen molar-refractivity contribution in [3.8, 4) is 5.82 Å². The predicted octanol–water partition coefficient (Wildman–Crippen LogP) is 2.37. The molecule has 0 saturated carbocycles. The van der Waals surface area contributed by atoms with Crippen LogP contribution in [0, 0.1) is 19.3 Å². The molecule has 2 fully saturated rings. The molecule has 2 aliphatic heterocycles. The second kappa shape index (κ2) is 9.04. The van der Waals surface area contributed by atoms with Gasteiger partial charge >= 0.3 is 0 Å². The van der Waals surface area contributed by atoms with E-state index in [1.807, 2.05) is 11.0 Å². The lowest BCUT2D eigenvalue weighted by molar-refractivity contribution is -0.141. The number of carbonyl (C=O) groups is 1. The molecule has 6 rings (SSSR count). The fourth-order valence-corrected chi connectivity index (χ4v) is 5.69. The van der Waals surface area contributed by atoms with Crippen LogP contribution in [0.1, 0.15) is 40.7 Å². The fourth-order valence-electron chi connectivity index (χ4n) is 5.69. The number of hydrogen-bond donors (Lipinski definition) is 0. The Kier molecular flexibility index (Phi) is 5.70. The molecule has 0 bridgehead atoms. The number of piperazine rings is 1. The number of tetrazole rings is 1. The highest BCUT2D eigenvalue weighted by Gasteiger charge is 2.39. The third kappa shape index (κ3) is 3.83. The molecule has 3 atom stereocenters. The van der Waals surface area contributed by atoms with E-state index in [9.17, 15) is 9.18 Å². The summed E-state index contributed by atoms with van der Waals surface area (Å²) in [6, 6.07) is 5.15. The lowest BCUT2D eigenvalue weighted by atomic mass is 9.97. The van der Waals surface area contributed by atoms with E-state index in [-0.39, 0.29) is 29.7 Å². The molecule has 1 aliphatic carbocycles. The minimum atomic E-state index is -0.498. The molecular formula is C25H25FN8O2. The molecule has 11 heteroatoms. The highest BCUT2D eigenvalue weighted by atomic mass is 19.1. The summed E-state index contributed by atoms with van der Waals surface area (Å²) in [6.45, 7) is 12.2. The van der Waals surface area contributed by atoms with E-state index in [0.29, 0.717) is 37.6 Å². The number of aryl methyl sites for hydroxylation is 1. The number of aromatic nitrogens is 5. The first kappa shape index (κ1) is 22.7. The van der Waals surface area contributed by atoms with Gasteiger partial charge in [0.1, 0.15) is 12.1 Å². The number of amides is 1. The molecule has 184 valence electrons. The zero-order valence-corrected chi connectivity index (χ0v) is 19.8. The van der Waals surface area contributed by atoms with Crippen molar-refractivity contribution in [2.75, 3.05) is 32.8 Å². The van der Waals surface area contributed by atoms with E-state index >= 15 is 0 Å². The van der Waals surface area contributed by atoms with Crippen molar-refractivity contribution in [1.29, 1.82) is 0 Å². The first-order valence-electron chi connectivity index (χ1n) is 12.1. The monoisotopic (exact) mass is 488 g/mol. The van der Waals surface area contributed by atoms with Crippen LogP contribution in [0.5, 0.6) is 0 Å². The van der Waals surface area contributed by atoms with Crippen molar-refractivity contribution in [3.63, 3.8) is 0 Å². The van der Waals surface area contributed by atoms with Gasteiger partial charge in [0.25, 0.3) is 0 Å². The Balaban J connectivity index is 1.12. The van der Waals surface area contributed by atoms with Crippen LogP contribution in [-0.2, 0) is 16.0 Å². The van der Waals surface area contributed by atoms with Crippen molar-refractivity contribution in [2.45, 2.75) is 37.8 Å². The molecule has 4 heterocycles. The summed E-state index contributed by atoms with van der Waals surface area (Å²) in [7, 11) is 0. The Labute approximate surface area is 207 Å². The number of benzene rings is 1. The number of ether oxygens (including phenoxy) is 1. The second-order valence-electron chi connectivity index (χ2n) is 9.56. The van der Waals surface area contributed by atoms with Gasteiger partial charge in [0.05, 0.1) is 31.2 Å². The molecule has 2 aromatic heterocycles. The van der Waals surface area contributed by atoms with Crippen molar-refractivity contribution < 1.29 is 13.9 Å². The second-order valence-corrected chi connectivity index (χ2v) is 9.56. The van der Waals surface area contributed by atoms with Crippen LogP contribution < -0.4 is 0 Å². The lowest BCUT2D eigenvalue weighted by Crippen LogP contribution is -2.60. The van der Waals surface area contributed by atoms with Gasteiger partial charge in [-0.25, -0.2) is 14.2 Å². The molecule has 1 unspecified atom stereocenters. The predicted molar refractivity (Wildman–Crippen MR) is 126 cm³/mol. The topological polar surface area (TPSA) is 93.6 Å².